The first kappa shape index (κ1) is 18.5. The maximum atomic E-state index is 12.9. The summed E-state index contributed by atoms with van der Waals surface area (Å²) in [6.45, 7) is 3.71. The fourth-order valence-electron chi connectivity index (χ4n) is 2.33. The third kappa shape index (κ3) is 5.07. The maximum Gasteiger partial charge on any atom is 0.418 e. The molecule has 7 heteroatoms. The zero-order valence-corrected chi connectivity index (χ0v) is 13.7. The fraction of sp³-hybridized carbons (Fsp3) is 0.222. The first-order valence-electron chi connectivity index (χ1n) is 7.50. The molecule has 132 valence electrons. The van der Waals surface area contributed by atoms with Gasteiger partial charge in [-0.2, -0.15) is 13.2 Å². The van der Waals surface area contributed by atoms with Gasteiger partial charge in [-0.05, 0) is 37.6 Å². The molecule has 0 aliphatic rings. The van der Waals surface area contributed by atoms with Crippen LogP contribution < -0.4 is 10.6 Å². The lowest BCUT2D eigenvalue weighted by Crippen LogP contribution is -2.23. The van der Waals surface area contributed by atoms with Crippen molar-refractivity contribution >= 4 is 23.2 Å². The van der Waals surface area contributed by atoms with E-state index in [2.05, 4.69) is 10.6 Å². The molecule has 0 unspecified atom stereocenters. The molecule has 2 rings (SSSR count). The molecule has 0 saturated heterocycles. The Hall–Kier alpha value is -2.83. The number of anilines is 2. The predicted octanol–water partition coefficient (Wildman–Crippen LogP) is 4.29. The van der Waals surface area contributed by atoms with E-state index >= 15 is 0 Å². The van der Waals surface area contributed by atoms with Crippen LogP contribution in [0.1, 0.15) is 23.1 Å². The van der Waals surface area contributed by atoms with E-state index in [1.807, 2.05) is 26.0 Å². The average Bonchev–Trinajstić information content (AvgIpc) is 2.49. The smallest absolute Gasteiger partial charge is 0.325 e. The van der Waals surface area contributed by atoms with Crippen molar-refractivity contribution in [3.8, 4) is 0 Å². The van der Waals surface area contributed by atoms with Crippen molar-refractivity contribution in [3.63, 3.8) is 0 Å². The molecule has 0 aromatic heterocycles. The third-order valence-electron chi connectivity index (χ3n) is 3.48. The van der Waals surface area contributed by atoms with Gasteiger partial charge in [-0.25, -0.2) is 0 Å². The van der Waals surface area contributed by atoms with Gasteiger partial charge in [-0.15, -0.1) is 0 Å². The standard InChI is InChI=1S/C18H17F3N2O2/c1-11-7-8-14(12(2)9-11)22-16(24)10-17(25)23-15-6-4-3-5-13(15)18(19,20)21/h3-9H,10H2,1-2H3,(H,22,24)(H,23,25). The molecule has 0 aliphatic heterocycles. The Morgan fingerprint density at radius 3 is 2.12 bits per heavy atom. The molecule has 0 heterocycles. The summed E-state index contributed by atoms with van der Waals surface area (Å²) in [5.74, 6) is -1.42. The molecule has 2 amide bonds. The Labute approximate surface area is 143 Å². The lowest BCUT2D eigenvalue weighted by molar-refractivity contribution is -0.137. The molecule has 0 atom stereocenters. The van der Waals surface area contributed by atoms with Gasteiger partial charge in [0.05, 0.1) is 11.3 Å². The van der Waals surface area contributed by atoms with Crippen molar-refractivity contribution in [2.45, 2.75) is 26.4 Å². The highest BCUT2D eigenvalue weighted by molar-refractivity contribution is 6.08. The number of carbonyl (C=O) groups excluding carboxylic acids is 2. The first-order chi connectivity index (χ1) is 11.7. The summed E-state index contributed by atoms with van der Waals surface area (Å²) in [4.78, 5) is 23.8. The van der Waals surface area contributed by atoms with Gasteiger partial charge in [0.25, 0.3) is 0 Å². The van der Waals surface area contributed by atoms with Crippen LogP contribution in [-0.4, -0.2) is 11.8 Å². The van der Waals surface area contributed by atoms with Crippen LogP contribution in [0.5, 0.6) is 0 Å². The second kappa shape index (κ2) is 7.38. The van der Waals surface area contributed by atoms with E-state index in [0.29, 0.717) is 5.69 Å². The highest BCUT2D eigenvalue weighted by Crippen LogP contribution is 2.34. The van der Waals surface area contributed by atoms with Crippen molar-refractivity contribution in [3.05, 3.63) is 59.2 Å². The largest absolute Gasteiger partial charge is 0.418 e. The van der Waals surface area contributed by atoms with Crippen LogP contribution in [0.25, 0.3) is 0 Å². The van der Waals surface area contributed by atoms with Gasteiger partial charge in [0.2, 0.25) is 11.8 Å². The van der Waals surface area contributed by atoms with Gasteiger partial charge >= 0.3 is 6.18 Å². The number of alkyl halides is 3. The topological polar surface area (TPSA) is 58.2 Å². The summed E-state index contributed by atoms with van der Waals surface area (Å²) in [6.07, 6.45) is -5.18. The van der Waals surface area contributed by atoms with Crippen LogP contribution in [0, 0.1) is 13.8 Å². The van der Waals surface area contributed by atoms with Crippen molar-refractivity contribution in [1.29, 1.82) is 0 Å². The molecule has 0 aliphatic carbocycles. The number of hydrogen-bond acceptors (Lipinski definition) is 2. The molecule has 0 spiro atoms. The third-order valence-corrected chi connectivity index (χ3v) is 3.48. The minimum Gasteiger partial charge on any atom is -0.325 e. The van der Waals surface area contributed by atoms with Crippen LogP contribution in [0.2, 0.25) is 0 Å². The number of para-hydroxylation sites is 1. The van der Waals surface area contributed by atoms with E-state index in [9.17, 15) is 22.8 Å². The molecule has 25 heavy (non-hydrogen) atoms. The summed E-state index contributed by atoms with van der Waals surface area (Å²) in [5.41, 5.74) is 1.07. The van der Waals surface area contributed by atoms with Crippen molar-refractivity contribution in [2.24, 2.45) is 0 Å². The summed E-state index contributed by atoms with van der Waals surface area (Å²) >= 11 is 0. The number of nitrogens with one attached hydrogen (secondary N) is 2. The molecule has 0 fully saturated rings. The Morgan fingerprint density at radius 2 is 1.52 bits per heavy atom. The molecule has 0 saturated carbocycles. The van der Waals surface area contributed by atoms with Gasteiger partial charge < -0.3 is 10.6 Å². The number of benzene rings is 2. The van der Waals surface area contributed by atoms with Gasteiger partial charge in [-0.1, -0.05) is 29.8 Å². The number of aryl methyl sites for hydroxylation is 2. The maximum absolute atomic E-state index is 12.9. The van der Waals surface area contributed by atoms with Gasteiger partial charge in [0.15, 0.2) is 0 Å². The Morgan fingerprint density at radius 1 is 0.920 bits per heavy atom. The summed E-state index contributed by atoms with van der Waals surface area (Å²) < 4.78 is 38.7. The van der Waals surface area contributed by atoms with E-state index in [1.54, 1.807) is 6.07 Å². The van der Waals surface area contributed by atoms with E-state index < -0.39 is 30.0 Å². The summed E-state index contributed by atoms with van der Waals surface area (Å²) in [7, 11) is 0. The summed E-state index contributed by atoms with van der Waals surface area (Å²) in [6, 6.07) is 10.00. The Kier molecular flexibility index (Phi) is 5.46. The molecule has 0 bridgehead atoms. The van der Waals surface area contributed by atoms with Crippen LogP contribution >= 0.6 is 0 Å². The van der Waals surface area contributed by atoms with Gasteiger partial charge in [-0.3, -0.25) is 9.59 Å². The lowest BCUT2D eigenvalue weighted by atomic mass is 10.1. The number of carbonyl (C=O) groups is 2. The van der Waals surface area contributed by atoms with E-state index in [-0.39, 0.29) is 5.69 Å². The average molecular weight is 350 g/mol. The SMILES string of the molecule is Cc1ccc(NC(=O)CC(=O)Nc2ccccc2C(F)(F)F)c(C)c1. The first-order valence-corrected chi connectivity index (χ1v) is 7.50. The van der Waals surface area contributed by atoms with Crippen molar-refractivity contribution in [1.82, 2.24) is 0 Å². The number of halogens is 3. The molecular weight excluding hydrogens is 333 g/mol. The van der Waals surface area contributed by atoms with Crippen LogP contribution in [0.3, 0.4) is 0 Å². The quantitative estimate of drug-likeness (QED) is 0.808. The Balaban J connectivity index is 2.02. The van der Waals surface area contributed by atoms with Crippen LogP contribution in [0.4, 0.5) is 24.5 Å². The zero-order valence-electron chi connectivity index (χ0n) is 13.7. The number of hydrogen-bond donors (Lipinski definition) is 2. The second-order valence-electron chi connectivity index (χ2n) is 5.63. The lowest BCUT2D eigenvalue weighted by Gasteiger charge is -2.13. The molecule has 2 N–H and O–H groups in total. The predicted molar refractivity (Wildman–Crippen MR) is 89.2 cm³/mol. The fourth-order valence-corrected chi connectivity index (χ4v) is 2.33. The number of amides is 2. The van der Waals surface area contributed by atoms with Crippen LogP contribution in [0.15, 0.2) is 42.5 Å². The van der Waals surface area contributed by atoms with E-state index in [0.717, 1.165) is 23.3 Å². The highest BCUT2D eigenvalue weighted by Gasteiger charge is 2.33. The monoisotopic (exact) mass is 350 g/mol. The second-order valence-corrected chi connectivity index (χ2v) is 5.63. The van der Waals surface area contributed by atoms with E-state index in [4.69, 9.17) is 0 Å². The highest BCUT2D eigenvalue weighted by atomic mass is 19.4. The molecule has 4 nitrogen and oxygen atoms in total. The van der Waals surface area contributed by atoms with E-state index in [1.165, 1.54) is 12.1 Å². The van der Waals surface area contributed by atoms with Gasteiger partial charge in [0.1, 0.15) is 6.42 Å². The minimum absolute atomic E-state index is 0.376. The molecular formula is C18H17F3N2O2. The van der Waals surface area contributed by atoms with Gasteiger partial charge in [0, 0.05) is 5.69 Å². The Bertz CT molecular complexity index is 801. The zero-order chi connectivity index (χ0) is 18.6. The normalized spacial score (nSPS) is 11.1. The summed E-state index contributed by atoms with van der Waals surface area (Å²) in [5, 5.41) is 4.71. The van der Waals surface area contributed by atoms with Crippen molar-refractivity contribution < 1.29 is 22.8 Å². The number of rotatable bonds is 4. The molecule has 2 aromatic carbocycles. The molecule has 2 aromatic rings. The molecule has 0 radical (unpaired) electrons. The minimum atomic E-state index is -4.59. The van der Waals surface area contributed by atoms with Crippen molar-refractivity contribution in [2.75, 3.05) is 10.6 Å². The van der Waals surface area contributed by atoms with Crippen LogP contribution in [-0.2, 0) is 15.8 Å².